The molecule has 3 aromatic rings. The van der Waals surface area contributed by atoms with Gasteiger partial charge in [0.05, 0.1) is 10.9 Å². The summed E-state index contributed by atoms with van der Waals surface area (Å²) in [5.41, 5.74) is 5.01. The molecule has 0 unspecified atom stereocenters. The van der Waals surface area contributed by atoms with Crippen molar-refractivity contribution in [3.05, 3.63) is 71.5 Å². The second kappa shape index (κ2) is 8.35. The van der Waals surface area contributed by atoms with Crippen molar-refractivity contribution in [2.45, 2.75) is 38.0 Å². The van der Waals surface area contributed by atoms with E-state index in [0.29, 0.717) is 5.82 Å². The van der Waals surface area contributed by atoms with Crippen molar-refractivity contribution in [2.24, 2.45) is 0 Å². The number of nitrogens with zero attached hydrogens (tertiary/aromatic N) is 2. The average Bonchev–Trinajstić information content (AvgIpc) is 2.65. The first-order valence-corrected chi connectivity index (χ1v) is 9.77. The number of hydrogen-bond acceptors (Lipinski definition) is 4. The van der Waals surface area contributed by atoms with Crippen LogP contribution in [0.5, 0.6) is 0 Å². The summed E-state index contributed by atoms with van der Waals surface area (Å²) in [5.74, 6) is 0.659. The molecule has 1 N–H and O–H groups in total. The Morgan fingerprint density at radius 2 is 1.74 bits per heavy atom. The standard InChI is InChI=1S/C22H23N3OS/c1-14-9-8-12-19(15(14)2)25-22(26)16(3)27-21-13-20(23-17(4)24-21)18-10-6-5-7-11-18/h5-13,16H,1-4H3,(H,25,26)/t16-/m0/s1. The zero-order valence-corrected chi connectivity index (χ0v) is 16.8. The molecular formula is C22H23N3OS. The fourth-order valence-electron chi connectivity index (χ4n) is 2.71. The van der Waals surface area contributed by atoms with Gasteiger partial charge in [0.2, 0.25) is 5.91 Å². The van der Waals surface area contributed by atoms with Gasteiger partial charge in [0, 0.05) is 11.3 Å². The topological polar surface area (TPSA) is 54.9 Å². The zero-order valence-electron chi connectivity index (χ0n) is 16.0. The van der Waals surface area contributed by atoms with E-state index in [1.165, 1.54) is 11.8 Å². The first kappa shape index (κ1) is 19.1. The van der Waals surface area contributed by atoms with Crippen LogP contribution in [0.1, 0.15) is 23.9 Å². The van der Waals surface area contributed by atoms with Crippen molar-refractivity contribution in [3.63, 3.8) is 0 Å². The molecule has 0 bridgehead atoms. The summed E-state index contributed by atoms with van der Waals surface area (Å²) < 4.78 is 0. The van der Waals surface area contributed by atoms with E-state index in [2.05, 4.69) is 15.3 Å². The molecule has 2 aromatic carbocycles. The number of aryl methyl sites for hydroxylation is 2. The Morgan fingerprint density at radius 3 is 2.48 bits per heavy atom. The van der Waals surface area contributed by atoms with Crippen LogP contribution >= 0.6 is 11.8 Å². The lowest BCUT2D eigenvalue weighted by Gasteiger charge is -2.15. The van der Waals surface area contributed by atoms with Gasteiger partial charge >= 0.3 is 0 Å². The average molecular weight is 378 g/mol. The van der Waals surface area contributed by atoms with Gasteiger partial charge in [-0.05, 0) is 51.0 Å². The molecule has 1 atom stereocenters. The quantitative estimate of drug-likeness (QED) is 0.491. The Kier molecular flexibility index (Phi) is 5.91. The fraction of sp³-hybridized carbons (Fsp3) is 0.227. The molecule has 0 aliphatic rings. The van der Waals surface area contributed by atoms with E-state index in [1.54, 1.807) is 0 Å². The molecule has 0 saturated heterocycles. The van der Waals surface area contributed by atoms with Crippen molar-refractivity contribution in [3.8, 4) is 11.3 Å². The highest BCUT2D eigenvalue weighted by Gasteiger charge is 2.17. The Hall–Kier alpha value is -2.66. The predicted octanol–water partition coefficient (Wildman–Crippen LogP) is 5.19. The van der Waals surface area contributed by atoms with Gasteiger partial charge in [0.25, 0.3) is 0 Å². The molecule has 3 rings (SSSR count). The highest BCUT2D eigenvalue weighted by molar-refractivity contribution is 8.00. The lowest BCUT2D eigenvalue weighted by Crippen LogP contribution is -2.23. The molecule has 4 nitrogen and oxygen atoms in total. The first-order chi connectivity index (χ1) is 12.9. The van der Waals surface area contributed by atoms with E-state index in [9.17, 15) is 4.79 Å². The molecule has 1 aromatic heterocycles. The largest absolute Gasteiger partial charge is 0.325 e. The van der Waals surface area contributed by atoms with Crippen LogP contribution in [0, 0.1) is 20.8 Å². The van der Waals surface area contributed by atoms with Crippen LogP contribution in [0.4, 0.5) is 5.69 Å². The first-order valence-electron chi connectivity index (χ1n) is 8.89. The highest BCUT2D eigenvalue weighted by atomic mass is 32.2. The van der Waals surface area contributed by atoms with Crippen LogP contribution in [0.15, 0.2) is 59.6 Å². The summed E-state index contributed by atoms with van der Waals surface area (Å²) >= 11 is 1.44. The van der Waals surface area contributed by atoms with Crippen molar-refractivity contribution >= 4 is 23.4 Å². The van der Waals surface area contributed by atoms with Gasteiger partial charge in [0.1, 0.15) is 10.9 Å². The summed E-state index contributed by atoms with van der Waals surface area (Å²) in [6.45, 7) is 7.82. The summed E-state index contributed by atoms with van der Waals surface area (Å²) in [7, 11) is 0. The molecule has 1 amide bonds. The molecule has 0 aliphatic carbocycles. The number of benzene rings is 2. The van der Waals surface area contributed by atoms with E-state index in [0.717, 1.165) is 33.1 Å². The van der Waals surface area contributed by atoms with Crippen molar-refractivity contribution in [1.82, 2.24) is 9.97 Å². The second-order valence-electron chi connectivity index (χ2n) is 6.50. The Balaban J connectivity index is 1.75. The molecule has 138 valence electrons. The maximum atomic E-state index is 12.6. The van der Waals surface area contributed by atoms with E-state index < -0.39 is 0 Å². The van der Waals surface area contributed by atoms with Crippen LogP contribution in [-0.4, -0.2) is 21.1 Å². The third-order valence-electron chi connectivity index (χ3n) is 4.41. The molecule has 5 heteroatoms. The Morgan fingerprint density at radius 1 is 1.00 bits per heavy atom. The molecule has 0 aliphatic heterocycles. The predicted molar refractivity (Wildman–Crippen MR) is 112 cm³/mol. The van der Waals surface area contributed by atoms with Gasteiger partial charge in [-0.1, -0.05) is 54.2 Å². The maximum Gasteiger partial charge on any atom is 0.237 e. The van der Waals surface area contributed by atoms with Crippen molar-refractivity contribution in [2.75, 3.05) is 5.32 Å². The number of amides is 1. The summed E-state index contributed by atoms with van der Waals surface area (Å²) in [6.07, 6.45) is 0. The van der Waals surface area contributed by atoms with Gasteiger partial charge in [-0.15, -0.1) is 0 Å². The summed E-state index contributed by atoms with van der Waals surface area (Å²) in [4.78, 5) is 21.7. The van der Waals surface area contributed by atoms with Crippen LogP contribution in [0.25, 0.3) is 11.3 Å². The lowest BCUT2D eigenvalue weighted by atomic mass is 10.1. The molecular weight excluding hydrogens is 354 g/mol. The third-order valence-corrected chi connectivity index (χ3v) is 5.43. The Labute approximate surface area is 164 Å². The normalized spacial score (nSPS) is 11.9. The number of thioether (sulfide) groups is 1. The van der Waals surface area contributed by atoms with Crippen LogP contribution in [0.2, 0.25) is 0 Å². The van der Waals surface area contributed by atoms with E-state index in [4.69, 9.17) is 0 Å². The number of aromatic nitrogens is 2. The van der Waals surface area contributed by atoms with E-state index >= 15 is 0 Å². The minimum atomic E-state index is -0.275. The Bertz CT molecular complexity index is 957. The van der Waals surface area contributed by atoms with Crippen LogP contribution in [-0.2, 0) is 4.79 Å². The molecule has 0 saturated carbocycles. The molecule has 27 heavy (non-hydrogen) atoms. The number of carbonyl (C=O) groups is 1. The number of rotatable bonds is 5. The fourth-order valence-corrected chi connectivity index (χ4v) is 3.61. The van der Waals surface area contributed by atoms with Crippen molar-refractivity contribution < 1.29 is 4.79 Å². The maximum absolute atomic E-state index is 12.6. The van der Waals surface area contributed by atoms with Gasteiger partial charge in [-0.3, -0.25) is 4.79 Å². The van der Waals surface area contributed by atoms with Crippen molar-refractivity contribution in [1.29, 1.82) is 0 Å². The summed E-state index contributed by atoms with van der Waals surface area (Å²) in [5, 5.41) is 3.55. The van der Waals surface area contributed by atoms with E-state index in [-0.39, 0.29) is 11.2 Å². The number of carbonyl (C=O) groups excluding carboxylic acids is 1. The smallest absolute Gasteiger partial charge is 0.237 e. The minimum absolute atomic E-state index is 0.0359. The summed E-state index contributed by atoms with van der Waals surface area (Å²) in [6, 6.07) is 17.9. The monoisotopic (exact) mass is 377 g/mol. The number of nitrogens with one attached hydrogen (secondary N) is 1. The minimum Gasteiger partial charge on any atom is -0.325 e. The zero-order chi connectivity index (χ0) is 19.4. The van der Waals surface area contributed by atoms with E-state index in [1.807, 2.05) is 82.3 Å². The van der Waals surface area contributed by atoms with Crippen LogP contribution in [0.3, 0.4) is 0 Å². The SMILES string of the molecule is Cc1nc(S[C@@H](C)C(=O)Nc2cccc(C)c2C)cc(-c2ccccc2)n1. The highest BCUT2D eigenvalue weighted by Crippen LogP contribution is 2.27. The third kappa shape index (κ3) is 4.74. The van der Waals surface area contributed by atoms with Gasteiger partial charge < -0.3 is 5.32 Å². The lowest BCUT2D eigenvalue weighted by molar-refractivity contribution is -0.115. The number of anilines is 1. The van der Waals surface area contributed by atoms with Gasteiger partial charge in [-0.25, -0.2) is 9.97 Å². The van der Waals surface area contributed by atoms with Gasteiger partial charge in [0.15, 0.2) is 0 Å². The number of hydrogen-bond donors (Lipinski definition) is 1. The molecule has 0 fully saturated rings. The second-order valence-corrected chi connectivity index (χ2v) is 7.86. The molecule has 1 heterocycles. The molecule has 0 spiro atoms. The van der Waals surface area contributed by atoms with Gasteiger partial charge in [-0.2, -0.15) is 0 Å². The van der Waals surface area contributed by atoms with Crippen LogP contribution < -0.4 is 5.32 Å². The molecule has 0 radical (unpaired) electrons.